The molecule has 1 atom stereocenters. The maximum Gasteiger partial charge on any atom is 0.417 e. The SMILES string of the molecule is COC(=O)CCNC(=O)c1ccc(C(CC(C)C)Oc2ccc(-c3ccc(C(F)(F)F)cn3)cc2)cc1. The number of rotatable bonds is 10. The molecule has 9 heteroatoms. The number of hydrogen-bond acceptors (Lipinski definition) is 5. The lowest BCUT2D eigenvalue weighted by Crippen LogP contribution is -2.26. The van der Waals surface area contributed by atoms with Crippen LogP contribution in [0, 0.1) is 5.92 Å². The molecule has 0 saturated heterocycles. The van der Waals surface area contributed by atoms with Gasteiger partial charge in [0.15, 0.2) is 0 Å². The van der Waals surface area contributed by atoms with E-state index in [0.29, 0.717) is 28.5 Å². The highest BCUT2D eigenvalue weighted by molar-refractivity contribution is 5.94. The summed E-state index contributed by atoms with van der Waals surface area (Å²) in [6, 6.07) is 16.4. The van der Waals surface area contributed by atoms with Crippen molar-refractivity contribution in [2.45, 2.75) is 39.0 Å². The van der Waals surface area contributed by atoms with Gasteiger partial charge in [0.05, 0.1) is 24.8 Å². The molecule has 0 fully saturated rings. The Hall–Kier alpha value is -3.88. The Morgan fingerprint density at radius 1 is 0.973 bits per heavy atom. The van der Waals surface area contributed by atoms with E-state index in [2.05, 4.69) is 28.9 Å². The van der Waals surface area contributed by atoms with E-state index in [-0.39, 0.29) is 25.0 Å². The third kappa shape index (κ3) is 8.06. The van der Waals surface area contributed by atoms with Crippen molar-refractivity contribution in [2.75, 3.05) is 13.7 Å². The van der Waals surface area contributed by atoms with Crippen molar-refractivity contribution >= 4 is 11.9 Å². The van der Waals surface area contributed by atoms with E-state index in [9.17, 15) is 22.8 Å². The smallest absolute Gasteiger partial charge is 0.417 e. The predicted octanol–water partition coefficient (Wildman–Crippen LogP) is 6.23. The third-order valence-corrected chi connectivity index (χ3v) is 5.59. The molecule has 0 spiro atoms. The van der Waals surface area contributed by atoms with Gasteiger partial charge >= 0.3 is 12.1 Å². The summed E-state index contributed by atoms with van der Waals surface area (Å²) < 4.78 is 49.2. The maximum atomic E-state index is 12.8. The highest BCUT2D eigenvalue weighted by Gasteiger charge is 2.30. The molecule has 0 radical (unpaired) electrons. The maximum absolute atomic E-state index is 12.8. The number of aromatic nitrogens is 1. The molecule has 1 unspecified atom stereocenters. The quantitative estimate of drug-likeness (QED) is 0.325. The van der Waals surface area contributed by atoms with Crippen molar-refractivity contribution in [3.8, 4) is 17.0 Å². The summed E-state index contributed by atoms with van der Waals surface area (Å²) in [7, 11) is 1.30. The molecular formula is C28H29F3N2O4. The van der Waals surface area contributed by atoms with Crippen LogP contribution in [0.2, 0.25) is 0 Å². The summed E-state index contributed by atoms with van der Waals surface area (Å²) in [5.74, 6) is 0.255. The number of alkyl halides is 3. The fraction of sp³-hybridized carbons (Fsp3) is 0.321. The van der Waals surface area contributed by atoms with Crippen LogP contribution in [-0.4, -0.2) is 30.5 Å². The van der Waals surface area contributed by atoms with Crippen molar-refractivity contribution in [3.05, 3.63) is 83.6 Å². The van der Waals surface area contributed by atoms with Crippen molar-refractivity contribution < 1.29 is 32.2 Å². The Balaban J connectivity index is 1.68. The van der Waals surface area contributed by atoms with Gasteiger partial charge in [0.1, 0.15) is 11.9 Å². The average Bonchev–Trinajstić information content (AvgIpc) is 2.88. The van der Waals surface area contributed by atoms with Crippen molar-refractivity contribution in [1.29, 1.82) is 0 Å². The van der Waals surface area contributed by atoms with E-state index in [1.165, 1.54) is 13.2 Å². The number of benzene rings is 2. The highest BCUT2D eigenvalue weighted by Crippen LogP contribution is 2.31. The fourth-order valence-electron chi connectivity index (χ4n) is 3.61. The number of carbonyl (C=O) groups is 2. The Labute approximate surface area is 213 Å². The third-order valence-electron chi connectivity index (χ3n) is 5.59. The monoisotopic (exact) mass is 514 g/mol. The Morgan fingerprint density at radius 3 is 2.19 bits per heavy atom. The summed E-state index contributed by atoms with van der Waals surface area (Å²) in [6.45, 7) is 4.35. The Bertz CT molecular complexity index is 1180. The molecule has 37 heavy (non-hydrogen) atoms. The normalized spacial score (nSPS) is 12.2. The van der Waals surface area contributed by atoms with Gasteiger partial charge in [0.25, 0.3) is 5.91 Å². The van der Waals surface area contributed by atoms with E-state index >= 15 is 0 Å². The molecule has 1 heterocycles. The topological polar surface area (TPSA) is 77.5 Å². The Morgan fingerprint density at radius 2 is 1.65 bits per heavy atom. The minimum absolute atomic E-state index is 0.0956. The first-order valence-corrected chi connectivity index (χ1v) is 11.8. The number of amides is 1. The molecule has 196 valence electrons. The molecule has 3 rings (SSSR count). The first-order valence-electron chi connectivity index (χ1n) is 11.8. The Kier molecular flexibility index (Phi) is 9.27. The number of nitrogens with zero attached hydrogens (tertiary/aromatic N) is 1. The number of pyridine rings is 1. The van der Waals surface area contributed by atoms with Crippen LogP contribution in [0.25, 0.3) is 11.3 Å². The minimum Gasteiger partial charge on any atom is -0.486 e. The first-order chi connectivity index (χ1) is 17.6. The van der Waals surface area contributed by atoms with Crippen LogP contribution in [0.3, 0.4) is 0 Å². The van der Waals surface area contributed by atoms with E-state index < -0.39 is 17.7 Å². The van der Waals surface area contributed by atoms with E-state index in [1.807, 2.05) is 12.1 Å². The van der Waals surface area contributed by atoms with Gasteiger partial charge in [-0.3, -0.25) is 14.6 Å². The number of carbonyl (C=O) groups excluding carboxylic acids is 2. The molecule has 6 nitrogen and oxygen atoms in total. The predicted molar refractivity (Wildman–Crippen MR) is 133 cm³/mol. The van der Waals surface area contributed by atoms with Gasteiger partial charge in [0, 0.05) is 23.9 Å². The summed E-state index contributed by atoms with van der Waals surface area (Å²) in [5, 5.41) is 2.68. The molecular weight excluding hydrogens is 485 g/mol. The van der Waals surface area contributed by atoms with Crippen LogP contribution >= 0.6 is 0 Å². The number of methoxy groups -OCH3 is 1. The standard InChI is InChI=1S/C28H29F3N2O4/c1-18(2)16-25(20-4-6-21(7-5-20)27(35)32-15-14-26(34)36-3)37-23-11-8-19(9-12-23)24-13-10-22(17-33-24)28(29,30)31/h4-13,17-18,25H,14-16H2,1-3H3,(H,32,35). The summed E-state index contributed by atoms with van der Waals surface area (Å²) in [6.07, 6.45) is -3.06. The van der Waals surface area contributed by atoms with Crippen molar-refractivity contribution in [1.82, 2.24) is 10.3 Å². The van der Waals surface area contributed by atoms with E-state index in [4.69, 9.17) is 4.74 Å². The fourth-order valence-corrected chi connectivity index (χ4v) is 3.61. The van der Waals surface area contributed by atoms with Gasteiger partial charge in [-0.25, -0.2) is 0 Å². The molecule has 1 N–H and O–H groups in total. The molecule has 0 aliphatic carbocycles. The minimum atomic E-state index is -4.43. The number of esters is 1. The molecule has 1 amide bonds. The second-order valence-corrected chi connectivity index (χ2v) is 8.89. The van der Waals surface area contributed by atoms with Crippen LogP contribution < -0.4 is 10.1 Å². The molecule has 0 aliphatic heterocycles. The van der Waals surface area contributed by atoms with Crippen LogP contribution in [0.4, 0.5) is 13.2 Å². The lowest BCUT2D eigenvalue weighted by Gasteiger charge is -2.22. The zero-order valence-corrected chi connectivity index (χ0v) is 20.8. The molecule has 0 aliphatic rings. The number of halogens is 3. The lowest BCUT2D eigenvalue weighted by atomic mass is 9.98. The van der Waals surface area contributed by atoms with Crippen LogP contribution in [0.5, 0.6) is 5.75 Å². The van der Waals surface area contributed by atoms with Crippen molar-refractivity contribution in [3.63, 3.8) is 0 Å². The second kappa shape index (κ2) is 12.4. The molecule has 1 aromatic heterocycles. The zero-order chi connectivity index (χ0) is 27.0. The summed E-state index contributed by atoms with van der Waals surface area (Å²) in [4.78, 5) is 27.5. The average molecular weight is 515 g/mol. The van der Waals surface area contributed by atoms with Gasteiger partial charge in [-0.05, 0) is 66.4 Å². The molecule has 0 bridgehead atoms. The van der Waals surface area contributed by atoms with Crippen LogP contribution in [0.1, 0.15) is 54.3 Å². The molecule has 3 aromatic rings. The van der Waals surface area contributed by atoms with E-state index in [1.54, 1.807) is 36.4 Å². The zero-order valence-electron chi connectivity index (χ0n) is 20.8. The second-order valence-electron chi connectivity index (χ2n) is 8.89. The molecule has 2 aromatic carbocycles. The summed E-state index contributed by atoms with van der Waals surface area (Å²) >= 11 is 0. The molecule has 0 saturated carbocycles. The number of hydrogen-bond donors (Lipinski definition) is 1. The van der Waals surface area contributed by atoms with Gasteiger partial charge < -0.3 is 14.8 Å². The van der Waals surface area contributed by atoms with Crippen molar-refractivity contribution in [2.24, 2.45) is 5.92 Å². The lowest BCUT2D eigenvalue weighted by molar-refractivity contribution is -0.140. The van der Waals surface area contributed by atoms with Gasteiger partial charge in [0.2, 0.25) is 0 Å². The van der Waals surface area contributed by atoms with Gasteiger partial charge in [-0.2, -0.15) is 13.2 Å². The number of ether oxygens (including phenoxy) is 2. The largest absolute Gasteiger partial charge is 0.486 e. The van der Waals surface area contributed by atoms with Crippen LogP contribution in [-0.2, 0) is 15.7 Å². The van der Waals surface area contributed by atoms with E-state index in [0.717, 1.165) is 24.2 Å². The van der Waals surface area contributed by atoms with Gasteiger partial charge in [-0.1, -0.05) is 26.0 Å². The van der Waals surface area contributed by atoms with Crippen LogP contribution in [0.15, 0.2) is 66.9 Å². The number of nitrogens with one attached hydrogen (secondary N) is 1. The van der Waals surface area contributed by atoms with Gasteiger partial charge in [-0.15, -0.1) is 0 Å². The summed E-state index contributed by atoms with van der Waals surface area (Å²) in [5.41, 5.74) is 1.67. The first kappa shape index (κ1) is 27.7. The highest BCUT2D eigenvalue weighted by atomic mass is 19.4.